The van der Waals surface area contributed by atoms with Crippen molar-refractivity contribution >= 4 is 34.8 Å². The van der Waals surface area contributed by atoms with Gasteiger partial charge in [0.15, 0.2) is 5.11 Å². The first-order chi connectivity index (χ1) is 9.02. The molecule has 1 aliphatic rings. The number of ether oxygens (including phenoxy) is 1. The second-order valence-corrected chi connectivity index (χ2v) is 5.22. The van der Waals surface area contributed by atoms with Gasteiger partial charge in [0, 0.05) is 12.1 Å². The molecule has 1 amide bonds. The van der Waals surface area contributed by atoms with E-state index in [-0.39, 0.29) is 18.1 Å². The molecule has 102 valence electrons. The molecule has 1 fully saturated rings. The summed E-state index contributed by atoms with van der Waals surface area (Å²) < 4.78 is 5.45. The van der Waals surface area contributed by atoms with Crippen LogP contribution in [0, 0.1) is 0 Å². The van der Waals surface area contributed by atoms with Gasteiger partial charge in [-0.25, -0.2) is 0 Å². The highest BCUT2D eigenvalue weighted by atomic mass is 35.5. The second-order valence-electron chi connectivity index (χ2n) is 4.40. The number of carbonyl (C=O) groups is 1. The fourth-order valence-corrected chi connectivity index (χ4v) is 2.46. The Morgan fingerprint density at radius 2 is 2.11 bits per heavy atom. The van der Waals surface area contributed by atoms with E-state index in [0.29, 0.717) is 16.7 Å². The quantitative estimate of drug-likeness (QED) is 0.865. The summed E-state index contributed by atoms with van der Waals surface area (Å²) in [6.45, 7) is 2.19. The van der Waals surface area contributed by atoms with Crippen LogP contribution < -0.4 is 5.32 Å². The van der Waals surface area contributed by atoms with Crippen molar-refractivity contribution in [2.45, 2.75) is 19.1 Å². The number of hydrogen-bond donors (Lipinski definition) is 1. The number of hydrogen-bond acceptors (Lipinski definition) is 3. The molecule has 0 unspecified atom stereocenters. The summed E-state index contributed by atoms with van der Waals surface area (Å²) in [5.41, 5.74) is 0.960. The highest BCUT2D eigenvalue weighted by Crippen LogP contribution is 2.22. The van der Waals surface area contributed by atoms with E-state index in [1.54, 1.807) is 31.1 Å². The Bertz CT molecular complexity index is 492. The van der Waals surface area contributed by atoms with Crippen LogP contribution in [0.15, 0.2) is 24.3 Å². The van der Waals surface area contributed by atoms with Gasteiger partial charge >= 0.3 is 0 Å². The van der Waals surface area contributed by atoms with E-state index in [9.17, 15) is 4.79 Å². The van der Waals surface area contributed by atoms with Crippen LogP contribution in [0.1, 0.15) is 18.6 Å². The lowest BCUT2D eigenvalue weighted by molar-refractivity contribution is -0.127. The molecule has 1 aromatic rings. The Morgan fingerprint density at radius 3 is 2.58 bits per heavy atom. The van der Waals surface area contributed by atoms with Gasteiger partial charge in [-0.15, -0.1) is 0 Å². The van der Waals surface area contributed by atoms with E-state index in [4.69, 9.17) is 28.6 Å². The third kappa shape index (κ3) is 3.05. The molecule has 1 saturated heterocycles. The molecule has 1 aliphatic heterocycles. The number of rotatable bonds is 4. The number of nitrogens with one attached hydrogen (secondary N) is 1. The highest BCUT2D eigenvalue weighted by Gasteiger charge is 2.33. The Kier molecular flexibility index (Phi) is 4.39. The normalized spacial score (nSPS) is 20.6. The third-order valence-corrected chi connectivity index (χ3v) is 3.69. The molecule has 0 aromatic heterocycles. The zero-order valence-corrected chi connectivity index (χ0v) is 12.3. The Labute approximate surface area is 122 Å². The van der Waals surface area contributed by atoms with Crippen molar-refractivity contribution in [2.24, 2.45) is 0 Å². The molecule has 1 N–H and O–H groups in total. The summed E-state index contributed by atoms with van der Waals surface area (Å²) in [7, 11) is 1.61. The van der Waals surface area contributed by atoms with Gasteiger partial charge in [0.2, 0.25) is 0 Å². The molecule has 0 spiro atoms. The fourth-order valence-electron chi connectivity index (χ4n) is 1.99. The van der Waals surface area contributed by atoms with E-state index in [1.165, 1.54) is 0 Å². The highest BCUT2D eigenvalue weighted by molar-refractivity contribution is 7.80. The first-order valence-corrected chi connectivity index (χ1v) is 6.71. The van der Waals surface area contributed by atoms with Crippen LogP contribution in [0.5, 0.6) is 0 Å². The van der Waals surface area contributed by atoms with Crippen LogP contribution in [0.2, 0.25) is 5.02 Å². The van der Waals surface area contributed by atoms with Crippen molar-refractivity contribution in [1.29, 1.82) is 0 Å². The predicted octanol–water partition coefficient (Wildman–Crippen LogP) is 2.13. The summed E-state index contributed by atoms with van der Waals surface area (Å²) in [6, 6.07) is 7.10. The van der Waals surface area contributed by atoms with E-state index in [0.717, 1.165) is 5.56 Å². The molecule has 0 radical (unpaired) electrons. The molecule has 19 heavy (non-hydrogen) atoms. The van der Waals surface area contributed by atoms with Crippen molar-refractivity contribution in [3.63, 3.8) is 0 Å². The lowest BCUT2D eigenvalue weighted by Gasteiger charge is -2.22. The molecule has 1 heterocycles. The summed E-state index contributed by atoms with van der Waals surface area (Å²) in [5, 5.41) is 4.06. The molecule has 6 heteroatoms. The van der Waals surface area contributed by atoms with Gasteiger partial charge < -0.3 is 10.1 Å². The van der Waals surface area contributed by atoms with Crippen molar-refractivity contribution in [3.8, 4) is 0 Å². The monoisotopic (exact) mass is 298 g/mol. The van der Waals surface area contributed by atoms with Crippen LogP contribution in [-0.2, 0) is 9.53 Å². The van der Waals surface area contributed by atoms with E-state index < -0.39 is 0 Å². The number of nitrogens with zero attached hydrogens (tertiary/aromatic N) is 1. The van der Waals surface area contributed by atoms with E-state index in [2.05, 4.69) is 5.32 Å². The smallest absolute Gasteiger partial charge is 0.251 e. The van der Waals surface area contributed by atoms with Crippen molar-refractivity contribution < 1.29 is 9.53 Å². The lowest BCUT2D eigenvalue weighted by Crippen LogP contribution is -2.35. The number of methoxy groups -OCH3 is 1. The molecule has 0 bridgehead atoms. The van der Waals surface area contributed by atoms with E-state index >= 15 is 0 Å². The van der Waals surface area contributed by atoms with E-state index in [1.807, 2.05) is 12.1 Å². The molecule has 1 aromatic carbocycles. The molecule has 2 rings (SSSR count). The average molecular weight is 299 g/mol. The topological polar surface area (TPSA) is 41.6 Å². The fraction of sp³-hybridized carbons (Fsp3) is 0.385. The number of thiocarbonyl (C=S) groups is 1. The molecule has 4 nitrogen and oxygen atoms in total. The predicted molar refractivity (Wildman–Crippen MR) is 78.1 cm³/mol. The van der Waals surface area contributed by atoms with Gasteiger partial charge in [0.1, 0.15) is 12.1 Å². The van der Waals surface area contributed by atoms with Crippen LogP contribution in [-0.4, -0.2) is 35.6 Å². The number of halogens is 1. The van der Waals surface area contributed by atoms with Gasteiger partial charge in [0.25, 0.3) is 5.91 Å². The number of carbonyl (C=O) groups excluding carboxylic acids is 1. The van der Waals surface area contributed by atoms with Gasteiger partial charge in [-0.1, -0.05) is 23.7 Å². The van der Waals surface area contributed by atoms with Crippen molar-refractivity contribution in [1.82, 2.24) is 10.2 Å². The van der Waals surface area contributed by atoms with Crippen LogP contribution >= 0.6 is 23.8 Å². The van der Waals surface area contributed by atoms with Gasteiger partial charge in [-0.05, 0) is 36.8 Å². The van der Waals surface area contributed by atoms with Crippen LogP contribution in [0.4, 0.5) is 0 Å². The summed E-state index contributed by atoms with van der Waals surface area (Å²) in [5.74, 6) is -0.0268. The molecule has 0 saturated carbocycles. The average Bonchev–Trinajstić information content (AvgIpc) is 2.63. The number of amides is 1. The Hall–Kier alpha value is -1.17. The maximum absolute atomic E-state index is 12.0. The molecular formula is C13H15ClN2O2S. The Morgan fingerprint density at radius 1 is 1.47 bits per heavy atom. The second kappa shape index (κ2) is 5.86. The van der Waals surface area contributed by atoms with Gasteiger partial charge in [-0.3, -0.25) is 9.69 Å². The van der Waals surface area contributed by atoms with Gasteiger partial charge in [0.05, 0.1) is 6.54 Å². The maximum Gasteiger partial charge on any atom is 0.251 e. The first kappa shape index (κ1) is 14.2. The van der Waals surface area contributed by atoms with Crippen molar-refractivity contribution in [2.75, 3.05) is 13.7 Å². The minimum atomic E-state index is -0.268. The SMILES string of the molecule is CO[C@@H](CN1C(=O)[C@H](C)NC1=S)c1ccc(Cl)cc1. The largest absolute Gasteiger partial charge is 0.375 e. The minimum absolute atomic E-state index is 0.0268. The van der Waals surface area contributed by atoms with Crippen molar-refractivity contribution in [3.05, 3.63) is 34.9 Å². The summed E-state index contributed by atoms with van der Waals surface area (Å²) in [4.78, 5) is 13.5. The summed E-state index contributed by atoms with van der Waals surface area (Å²) in [6.07, 6.45) is -0.230. The zero-order valence-electron chi connectivity index (χ0n) is 10.7. The Balaban J connectivity index is 2.13. The lowest BCUT2D eigenvalue weighted by atomic mass is 10.1. The standard InChI is InChI=1S/C13H15ClN2O2S/c1-8-12(17)16(13(19)15-8)7-11(18-2)9-3-5-10(14)6-4-9/h3-6,8,11H,7H2,1-2H3,(H,15,19)/t8-,11-/m0/s1. The van der Waals surface area contributed by atoms with Gasteiger partial charge in [-0.2, -0.15) is 0 Å². The van der Waals surface area contributed by atoms with Crippen LogP contribution in [0.25, 0.3) is 0 Å². The first-order valence-electron chi connectivity index (χ1n) is 5.93. The van der Waals surface area contributed by atoms with Crippen LogP contribution in [0.3, 0.4) is 0 Å². The third-order valence-electron chi connectivity index (χ3n) is 3.10. The molecular weight excluding hydrogens is 284 g/mol. The maximum atomic E-state index is 12.0. The minimum Gasteiger partial charge on any atom is -0.375 e. The zero-order chi connectivity index (χ0) is 14.0. The molecule has 0 aliphatic carbocycles. The summed E-state index contributed by atoms with van der Waals surface area (Å²) >= 11 is 11.0. The molecule has 2 atom stereocenters. The number of benzene rings is 1.